The third kappa shape index (κ3) is 4.31. The molecule has 0 saturated carbocycles. The largest absolute Gasteiger partial charge is 0.322 e. The predicted octanol–water partition coefficient (Wildman–Crippen LogP) is 5.16. The summed E-state index contributed by atoms with van der Waals surface area (Å²) in [5.74, 6) is -0.162. The smallest absolute Gasteiger partial charge is 0.255 e. The van der Waals surface area contributed by atoms with Crippen molar-refractivity contribution in [2.24, 2.45) is 0 Å². The van der Waals surface area contributed by atoms with Gasteiger partial charge in [0.25, 0.3) is 5.91 Å². The molecule has 3 rings (SSSR count). The van der Waals surface area contributed by atoms with Crippen molar-refractivity contribution in [1.29, 1.82) is 0 Å². The third-order valence-corrected chi connectivity index (χ3v) is 3.64. The highest BCUT2D eigenvalue weighted by Crippen LogP contribution is 2.15. The monoisotopic (exact) mass is 334 g/mol. The number of anilines is 1. The molecule has 1 amide bonds. The van der Waals surface area contributed by atoms with E-state index in [9.17, 15) is 4.79 Å². The molecule has 0 aliphatic rings. The SMILES string of the molecule is O=C(Nc1ccc(Cl)cc1)c1cccc(C=Cc2ccccn2)c1. The summed E-state index contributed by atoms with van der Waals surface area (Å²) < 4.78 is 0. The lowest BCUT2D eigenvalue weighted by Crippen LogP contribution is -2.11. The number of carbonyl (C=O) groups is 1. The Bertz CT molecular complexity index is 858. The van der Waals surface area contributed by atoms with Crippen LogP contribution in [-0.2, 0) is 0 Å². The number of benzene rings is 2. The number of amides is 1. The van der Waals surface area contributed by atoms with Crippen molar-refractivity contribution in [3.8, 4) is 0 Å². The van der Waals surface area contributed by atoms with Crippen molar-refractivity contribution in [2.45, 2.75) is 0 Å². The molecule has 0 radical (unpaired) electrons. The fourth-order valence-corrected chi connectivity index (χ4v) is 2.30. The van der Waals surface area contributed by atoms with Gasteiger partial charge < -0.3 is 5.32 Å². The van der Waals surface area contributed by atoms with Crippen molar-refractivity contribution in [1.82, 2.24) is 4.98 Å². The van der Waals surface area contributed by atoms with Gasteiger partial charge in [0.15, 0.2) is 0 Å². The first kappa shape index (κ1) is 16.0. The first-order chi connectivity index (χ1) is 11.7. The molecule has 3 aromatic rings. The Morgan fingerprint density at radius 3 is 2.54 bits per heavy atom. The first-order valence-corrected chi connectivity index (χ1v) is 7.84. The molecule has 0 spiro atoms. The van der Waals surface area contributed by atoms with Crippen LogP contribution in [0, 0.1) is 0 Å². The number of nitrogens with one attached hydrogen (secondary N) is 1. The Labute approximate surface area is 145 Å². The average molecular weight is 335 g/mol. The molecule has 0 aliphatic carbocycles. The normalized spacial score (nSPS) is 10.7. The second kappa shape index (κ2) is 7.57. The molecule has 4 heteroatoms. The van der Waals surface area contributed by atoms with Gasteiger partial charge in [-0.25, -0.2) is 0 Å². The Morgan fingerprint density at radius 1 is 0.958 bits per heavy atom. The zero-order valence-corrected chi connectivity index (χ0v) is 13.6. The van der Waals surface area contributed by atoms with Crippen LogP contribution in [0.3, 0.4) is 0 Å². The van der Waals surface area contributed by atoms with E-state index in [2.05, 4.69) is 10.3 Å². The van der Waals surface area contributed by atoms with Gasteiger partial charge in [0.2, 0.25) is 0 Å². The van der Waals surface area contributed by atoms with Crippen LogP contribution in [0.15, 0.2) is 72.9 Å². The van der Waals surface area contributed by atoms with Crippen LogP contribution in [0.1, 0.15) is 21.6 Å². The van der Waals surface area contributed by atoms with Crippen LogP contribution in [-0.4, -0.2) is 10.9 Å². The van der Waals surface area contributed by atoms with Crippen LogP contribution in [0.25, 0.3) is 12.2 Å². The summed E-state index contributed by atoms with van der Waals surface area (Å²) in [4.78, 5) is 16.6. The Hall–Kier alpha value is -2.91. The number of nitrogens with zero attached hydrogens (tertiary/aromatic N) is 1. The van der Waals surface area contributed by atoms with E-state index < -0.39 is 0 Å². The van der Waals surface area contributed by atoms with Gasteiger partial charge >= 0.3 is 0 Å². The van der Waals surface area contributed by atoms with E-state index in [1.54, 1.807) is 36.5 Å². The van der Waals surface area contributed by atoms with Gasteiger partial charge in [-0.1, -0.05) is 35.9 Å². The summed E-state index contributed by atoms with van der Waals surface area (Å²) >= 11 is 5.85. The number of carbonyl (C=O) groups excluding carboxylic acids is 1. The lowest BCUT2D eigenvalue weighted by atomic mass is 10.1. The summed E-state index contributed by atoms with van der Waals surface area (Å²) in [7, 11) is 0. The number of hydrogen-bond acceptors (Lipinski definition) is 2. The fourth-order valence-electron chi connectivity index (χ4n) is 2.18. The highest BCUT2D eigenvalue weighted by Gasteiger charge is 2.06. The molecule has 0 atom stereocenters. The lowest BCUT2D eigenvalue weighted by Gasteiger charge is -2.06. The van der Waals surface area contributed by atoms with Gasteiger partial charge in [0.1, 0.15) is 0 Å². The van der Waals surface area contributed by atoms with Crippen LogP contribution < -0.4 is 5.32 Å². The standard InChI is InChI=1S/C20H15ClN2O/c21-17-8-11-19(12-9-17)23-20(24)16-5-3-4-15(14-16)7-10-18-6-1-2-13-22-18/h1-14H,(H,23,24). The summed E-state index contributed by atoms with van der Waals surface area (Å²) in [5, 5.41) is 3.49. The highest BCUT2D eigenvalue weighted by atomic mass is 35.5. The van der Waals surface area contributed by atoms with Gasteiger partial charge in [-0.05, 0) is 60.2 Å². The minimum Gasteiger partial charge on any atom is -0.322 e. The van der Waals surface area contributed by atoms with Crippen molar-refractivity contribution >= 4 is 35.3 Å². The molecule has 0 bridgehead atoms. The van der Waals surface area contributed by atoms with E-state index in [4.69, 9.17) is 11.6 Å². The van der Waals surface area contributed by atoms with E-state index >= 15 is 0 Å². The van der Waals surface area contributed by atoms with Gasteiger partial charge in [0.05, 0.1) is 5.69 Å². The van der Waals surface area contributed by atoms with Crippen LogP contribution in [0.4, 0.5) is 5.69 Å². The van der Waals surface area contributed by atoms with Crippen LogP contribution in [0.2, 0.25) is 5.02 Å². The van der Waals surface area contributed by atoms with Crippen molar-refractivity contribution < 1.29 is 4.79 Å². The maximum atomic E-state index is 12.3. The number of halogens is 1. The van der Waals surface area contributed by atoms with Crippen LogP contribution in [0.5, 0.6) is 0 Å². The Morgan fingerprint density at radius 2 is 1.79 bits per heavy atom. The second-order valence-corrected chi connectivity index (χ2v) is 5.61. The van der Waals surface area contributed by atoms with E-state index in [1.807, 2.05) is 48.6 Å². The molecule has 118 valence electrons. The number of rotatable bonds is 4. The van der Waals surface area contributed by atoms with E-state index in [-0.39, 0.29) is 5.91 Å². The molecule has 1 N–H and O–H groups in total. The molecule has 24 heavy (non-hydrogen) atoms. The molecule has 3 nitrogen and oxygen atoms in total. The molecular weight excluding hydrogens is 320 g/mol. The van der Waals surface area contributed by atoms with E-state index in [0.29, 0.717) is 16.3 Å². The lowest BCUT2D eigenvalue weighted by molar-refractivity contribution is 0.102. The number of pyridine rings is 1. The molecule has 0 aliphatic heterocycles. The average Bonchev–Trinajstić information content (AvgIpc) is 2.63. The molecule has 1 aromatic heterocycles. The molecule has 1 heterocycles. The molecule has 0 saturated heterocycles. The Balaban J connectivity index is 1.73. The zero-order valence-electron chi connectivity index (χ0n) is 12.8. The highest BCUT2D eigenvalue weighted by molar-refractivity contribution is 6.30. The van der Waals surface area contributed by atoms with Crippen molar-refractivity contribution in [2.75, 3.05) is 5.32 Å². The topological polar surface area (TPSA) is 42.0 Å². The Kier molecular flexibility index (Phi) is 5.04. The third-order valence-electron chi connectivity index (χ3n) is 3.39. The maximum Gasteiger partial charge on any atom is 0.255 e. The summed E-state index contributed by atoms with van der Waals surface area (Å²) in [6.07, 6.45) is 5.59. The molecular formula is C20H15ClN2O. The van der Waals surface area contributed by atoms with Gasteiger partial charge in [0, 0.05) is 22.5 Å². The summed E-state index contributed by atoms with van der Waals surface area (Å²) in [5.41, 5.74) is 3.10. The fraction of sp³-hybridized carbons (Fsp3) is 0. The van der Waals surface area contributed by atoms with Gasteiger partial charge in [-0.15, -0.1) is 0 Å². The van der Waals surface area contributed by atoms with Crippen LogP contribution >= 0.6 is 11.6 Å². The maximum absolute atomic E-state index is 12.3. The second-order valence-electron chi connectivity index (χ2n) is 5.17. The summed E-state index contributed by atoms with van der Waals surface area (Å²) in [6.45, 7) is 0. The van der Waals surface area contributed by atoms with Gasteiger partial charge in [-0.3, -0.25) is 9.78 Å². The quantitative estimate of drug-likeness (QED) is 0.716. The minimum absolute atomic E-state index is 0.162. The number of hydrogen-bond donors (Lipinski definition) is 1. The zero-order chi connectivity index (χ0) is 16.8. The van der Waals surface area contributed by atoms with Gasteiger partial charge in [-0.2, -0.15) is 0 Å². The van der Waals surface area contributed by atoms with E-state index in [0.717, 1.165) is 11.3 Å². The molecule has 0 fully saturated rings. The molecule has 2 aromatic carbocycles. The molecule has 0 unspecified atom stereocenters. The van der Waals surface area contributed by atoms with Crippen molar-refractivity contribution in [3.05, 3.63) is 94.8 Å². The first-order valence-electron chi connectivity index (χ1n) is 7.47. The predicted molar refractivity (Wildman–Crippen MR) is 99.0 cm³/mol. The van der Waals surface area contributed by atoms with Crippen molar-refractivity contribution in [3.63, 3.8) is 0 Å². The van der Waals surface area contributed by atoms with E-state index in [1.165, 1.54) is 0 Å². The minimum atomic E-state index is -0.162. The summed E-state index contributed by atoms with van der Waals surface area (Å²) in [6, 6.07) is 20.2. The number of aromatic nitrogens is 1.